The maximum atomic E-state index is 12.8. The van der Waals surface area contributed by atoms with Crippen molar-refractivity contribution >= 4 is 46.4 Å². The fourth-order valence-corrected chi connectivity index (χ4v) is 2.75. The minimum atomic E-state index is -0.379. The Morgan fingerprint density at radius 2 is 1.81 bits per heavy atom. The van der Waals surface area contributed by atoms with Crippen molar-refractivity contribution in [2.24, 2.45) is 5.73 Å². The molecule has 27 heavy (non-hydrogen) atoms. The fraction of sp³-hybridized carbons (Fsp3) is 0.150. The Balaban J connectivity index is 0.00000261. The SMILES string of the molecule is Cl.NCCCOc1cc2ccccc2cc1C(=O)Nc1ccc(Cl)cc1O. The molecule has 0 saturated carbocycles. The second-order valence-corrected chi connectivity index (χ2v) is 6.24. The Kier molecular flexibility index (Phi) is 7.30. The molecule has 0 aliphatic carbocycles. The molecule has 0 fully saturated rings. The van der Waals surface area contributed by atoms with Crippen molar-refractivity contribution in [1.82, 2.24) is 0 Å². The van der Waals surface area contributed by atoms with Crippen LogP contribution in [0.2, 0.25) is 5.02 Å². The standard InChI is InChI=1S/C20H19ClN2O3.ClH/c21-15-6-7-17(18(24)12-15)23-20(25)16-10-13-4-1-2-5-14(13)11-19(16)26-9-3-8-22;/h1-2,4-7,10-12,24H,3,8-9,22H2,(H,23,25);1H. The van der Waals surface area contributed by atoms with Crippen molar-refractivity contribution in [3.05, 3.63) is 65.2 Å². The lowest BCUT2D eigenvalue weighted by molar-refractivity contribution is 0.102. The number of phenols is 1. The van der Waals surface area contributed by atoms with Crippen LogP contribution in [0.25, 0.3) is 10.8 Å². The average molecular weight is 407 g/mol. The zero-order valence-corrected chi connectivity index (χ0v) is 16.0. The number of ether oxygens (including phenoxy) is 1. The molecular weight excluding hydrogens is 387 g/mol. The summed E-state index contributed by atoms with van der Waals surface area (Å²) < 4.78 is 5.77. The highest BCUT2D eigenvalue weighted by Crippen LogP contribution is 2.30. The van der Waals surface area contributed by atoms with Gasteiger partial charge in [-0.3, -0.25) is 4.79 Å². The van der Waals surface area contributed by atoms with Gasteiger partial charge >= 0.3 is 0 Å². The Morgan fingerprint density at radius 3 is 2.48 bits per heavy atom. The quantitative estimate of drug-likeness (QED) is 0.412. The molecule has 7 heteroatoms. The van der Waals surface area contributed by atoms with Gasteiger partial charge in [0.1, 0.15) is 11.5 Å². The number of nitrogens with two attached hydrogens (primary N) is 1. The zero-order valence-electron chi connectivity index (χ0n) is 14.4. The van der Waals surface area contributed by atoms with Gasteiger partial charge in [0.05, 0.1) is 17.9 Å². The van der Waals surface area contributed by atoms with Gasteiger partial charge in [-0.1, -0.05) is 35.9 Å². The molecule has 0 aromatic heterocycles. The number of nitrogens with one attached hydrogen (secondary N) is 1. The third-order valence-corrected chi connectivity index (χ3v) is 4.14. The topological polar surface area (TPSA) is 84.6 Å². The Bertz CT molecular complexity index is 948. The van der Waals surface area contributed by atoms with E-state index >= 15 is 0 Å². The molecule has 5 nitrogen and oxygen atoms in total. The predicted molar refractivity (Wildman–Crippen MR) is 111 cm³/mol. The van der Waals surface area contributed by atoms with Gasteiger partial charge in [0.25, 0.3) is 5.91 Å². The van der Waals surface area contributed by atoms with Gasteiger partial charge in [-0.25, -0.2) is 0 Å². The molecule has 0 spiro atoms. The minimum Gasteiger partial charge on any atom is -0.506 e. The van der Waals surface area contributed by atoms with Gasteiger partial charge in [-0.2, -0.15) is 0 Å². The second-order valence-electron chi connectivity index (χ2n) is 5.80. The van der Waals surface area contributed by atoms with E-state index < -0.39 is 0 Å². The first-order chi connectivity index (χ1) is 12.6. The summed E-state index contributed by atoms with van der Waals surface area (Å²) in [6, 6.07) is 15.8. The van der Waals surface area contributed by atoms with Crippen molar-refractivity contribution < 1.29 is 14.6 Å². The summed E-state index contributed by atoms with van der Waals surface area (Å²) in [5.74, 6) is -0.00327. The first-order valence-electron chi connectivity index (χ1n) is 8.24. The highest BCUT2D eigenvalue weighted by molar-refractivity contribution is 6.30. The van der Waals surface area contributed by atoms with E-state index in [1.54, 1.807) is 18.2 Å². The molecular formula is C20H20Cl2N2O3. The molecule has 1 amide bonds. The first kappa shape index (κ1) is 20.8. The molecule has 0 atom stereocenters. The van der Waals surface area contributed by atoms with Crippen molar-refractivity contribution in [2.45, 2.75) is 6.42 Å². The number of amides is 1. The number of carbonyl (C=O) groups is 1. The van der Waals surface area contributed by atoms with Crippen LogP contribution in [0, 0.1) is 0 Å². The smallest absolute Gasteiger partial charge is 0.259 e. The van der Waals surface area contributed by atoms with Gasteiger partial charge in [0.15, 0.2) is 0 Å². The largest absolute Gasteiger partial charge is 0.506 e. The van der Waals surface area contributed by atoms with Crippen LogP contribution in [0.1, 0.15) is 16.8 Å². The molecule has 3 aromatic rings. The third kappa shape index (κ3) is 5.04. The average Bonchev–Trinajstić information content (AvgIpc) is 2.63. The molecule has 0 bridgehead atoms. The van der Waals surface area contributed by atoms with E-state index in [2.05, 4.69) is 5.32 Å². The van der Waals surface area contributed by atoms with Crippen molar-refractivity contribution in [3.63, 3.8) is 0 Å². The van der Waals surface area contributed by atoms with E-state index in [-0.39, 0.29) is 29.8 Å². The van der Waals surface area contributed by atoms with Crippen molar-refractivity contribution in [1.29, 1.82) is 0 Å². The summed E-state index contributed by atoms with van der Waals surface area (Å²) in [6.07, 6.45) is 0.686. The maximum Gasteiger partial charge on any atom is 0.259 e. The predicted octanol–water partition coefficient (Wildman–Crippen LogP) is 4.60. The maximum absolute atomic E-state index is 12.8. The number of hydrogen-bond acceptors (Lipinski definition) is 4. The molecule has 4 N–H and O–H groups in total. The molecule has 0 aliphatic rings. The molecule has 0 radical (unpaired) electrons. The number of phenolic OH excluding ortho intramolecular Hbond substituents is 1. The lowest BCUT2D eigenvalue weighted by Crippen LogP contribution is -2.15. The van der Waals surface area contributed by atoms with Gasteiger partial charge in [-0.15, -0.1) is 12.4 Å². The monoisotopic (exact) mass is 406 g/mol. The fourth-order valence-electron chi connectivity index (χ4n) is 2.58. The van der Waals surface area contributed by atoms with Crippen LogP contribution >= 0.6 is 24.0 Å². The van der Waals surface area contributed by atoms with Gasteiger partial charge in [-0.05, 0) is 48.0 Å². The molecule has 3 rings (SSSR count). The number of benzene rings is 3. The van der Waals surface area contributed by atoms with E-state index in [9.17, 15) is 9.90 Å². The minimum absolute atomic E-state index is 0. The van der Waals surface area contributed by atoms with Crippen LogP contribution < -0.4 is 15.8 Å². The summed E-state index contributed by atoms with van der Waals surface area (Å²) >= 11 is 5.83. The Labute approximate surface area is 168 Å². The third-order valence-electron chi connectivity index (χ3n) is 3.91. The lowest BCUT2D eigenvalue weighted by Gasteiger charge is -2.14. The van der Waals surface area contributed by atoms with E-state index in [0.717, 1.165) is 10.8 Å². The van der Waals surface area contributed by atoms with Crippen LogP contribution in [0.4, 0.5) is 5.69 Å². The van der Waals surface area contributed by atoms with Gasteiger partial charge in [0.2, 0.25) is 0 Å². The molecule has 0 aliphatic heterocycles. The van der Waals surface area contributed by atoms with Gasteiger partial charge < -0.3 is 20.9 Å². The number of fused-ring (bicyclic) bond motifs is 1. The highest BCUT2D eigenvalue weighted by Gasteiger charge is 2.16. The summed E-state index contributed by atoms with van der Waals surface area (Å²) in [5, 5.41) is 14.9. The number of rotatable bonds is 6. The normalized spacial score (nSPS) is 10.3. The van der Waals surface area contributed by atoms with E-state index in [1.807, 2.05) is 30.3 Å². The molecule has 0 unspecified atom stereocenters. The van der Waals surface area contributed by atoms with Crippen LogP contribution in [0.3, 0.4) is 0 Å². The van der Waals surface area contributed by atoms with Crippen LogP contribution in [0.5, 0.6) is 11.5 Å². The summed E-state index contributed by atoms with van der Waals surface area (Å²) in [6.45, 7) is 0.926. The van der Waals surface area contributed by atoms with E-state index in [1.165, 1.54) is 6.07 Å². The number of aromatic hydroxyl groups is 1. The van der Waals surface area contributed by atoms with Crippen LogP contribution in [0.15, 0.2) is 54.6 Å². The molecule has 0 saturated heterocycles. The molecule has 0 heterocycles. The van der Waals surface area contributed by atoms with Crippen LogP contribution in [-0.2, 0) is 0 Å². The summed E-state index contributed by atoms with van der Waals surface area (Å²) in [4.78, 5) is 12.8. The summed E-state index contributed by atoms with van der Waals surface area (Å²) in [5.41, 5.74) is 6.18. The van der Waals surface area contributed by atoms with E-state index in [0.29, 0.717) is 35.9 Å². The number of hydrogen-bond donors (Lipinski definition) is 3. The Hall–Kier alpha value is -2.47. The molecule has 142 valence electrons. The van der Waals surface area contributed by atoms with Crippen molar-refractivity contribution in [3.8, 4) is 11.5 Å². The van der Waals surface area contributed by atoms with Crippen LogP contribution in [-0.4, -0.2) is 24.2 Å². The zero-order chi connectivity index (χ0) is 18.5. The number of carbonyl (C=O) groups excluding carboxylic acids is 1. The summed E-state index contributed by atoms with van der Waals surface area (Å²) in [7, 11) is 0. The second kappa shape index (κ2) is 9.46. The van der Waals surface area contributed by atoms with E-state index in [4.69, 9.17) is 22.1 Å². The lowest BCUT2D eigenvalue weighted by atomic mass is 10.1. The van der Waals surface area contributed by atoms with Gasteiger partial charge in [0, 0.05) is 11.1 Å². The highest BCUT2D eigenvalue weighted by atomic mass is 35.5. The molecule has 3 aromatic carbocycles. The number of anilines is 1. The number of halogens is 2. The first-order valence-corrected chi connectivity index (χ1v) is 8.62. The van der Waals surface area contributed by atoms with Crippen molar-refractivity contribution in [2.75, 3.05) is 18.5 Å². The Morgan fingerprint density at radius 1 is 1.11 bits per heavy atom.